The van der Waals surface area contributed by atoms with Crippen LogP contribution in [-0.2, 0) is 0 Å². The third kappa shape index (κ3) is 4.65. The van der Waals surface area contributed by atoms with Crippen LogP contribution >= 0.6 is 11.3 Å². The van der Waals surface area contributed by atoms with Gasteiger partial charge in [-0.15, -0.1) is 11.3 Å². The van der Waals surface area contributed by atoms with E-state index in [0.29, 0.717) is 12.5 Å². The van der Waals surface area contributed by atoms with E-state index in [4.69, 9.17) is 10.1 Å². The Balaban J connectivity index is 1.48. The summed E-state index contributed by atoms with van der Waals surface area (Å²) in [4.78, 5) is 6.05. The SMILES string of the molecule is OCCCCCC1CCC(c2ccc(-c3cccs3)cn2)CC1. The normalized spacial score (nSPS) is 21.4. The van der Waals surface area contributed by atoms with Gasteiger partial charge < -0.3 is 5.11 Å². The lowest BCUT2D eigenvalue weighted by molar-refractivity contribution is 0.270. The molecule has 0 atom stereocenters. The lowest BCUT2D eigenvalue weighted by atomic mass is 9.78. The highest BCUT2D eigenvalue weighted by atomic mass is 32.1. The number of aliphatic hydroxyl groups is 1. The van der Waals surface area contributed by atoms with Crippen molar-refractivity contribution in [2.75, 3.05) is 6.61 Å². The molecule has 1 fully saturated rings. The molecule has 23 heavy (non-hydrogen) atoms. The van der Waals surface area contributed by atoms with Crippen LogP contribution in [0.4, 0.5) is 0 Å². The Bertz CT molecular complexity index is 556. The van der Waals surface area contributed by atoms with Gasteiger partial charge in [0.2, 0.25) is 0 Å². The summed E-state index contributed by atoms with van der Waals surface area (Å²) in [5.74, 6) is 1.55. The van der Waals surface area contributed by atoms with Crippen LogP contribution < -0.4 is 0 Å². The molecule has 1 aliphatic carbocycles. The summed E-state index contributed by atoms with van der Waals surface area (Å²) in [5, 5.41) is 11.0. The average Bonchev–Trinajstić information content (AvgIpc) is 3.14. The number of pyridine rings is 1. The van der Waals surface area contributed by atoms with Gasteiger partial charge in [-0.2, -0.15) is 0 Å². The van der Waals surface area contributed by atoms with Gasteiger partial charge in [-0.05, 0) is 55.5 Å². The second kappa shape index (κ2) is 8.60. The molecule has 2 aromatic heterocycles. The Hall–Kier alpha value is -1.19. The molecule has 2 heterocycles. The highest BCUT2D eigenvalue weighted by Crippen LogP contribution is 2.37. The zero-order valence-corrected chi connectivity index (χ0v) is 14.6. The Morgan fingerprint density at radius 1 is 1.04 bits per heavy atom. The fraction of sp³-hybridized carbons (Fsp3) is 0.550. The summed E-state index contributed by atoms with van der Waals surface area (Å²) in [5.41, 5.74) is 2.52. The number of hydrogen-bond acceptors (Lipinski definition) is 3. The van der Waals surface area contributed by atoms with E-state index in [1.165, 1.54) is 61.1 Å². The molecule has 1 saturated carbocycles. The van der Waals surface area contributed by atoms with Gasteiger partial charge in [0.05, 0.1) is 0 Å². The first-order chi connectivity index (χ1) is 11.4. The third-order valence-electron chi connectivity index (χ3n) is 5.13. The number of aliphatic hydroxyl groups excluding tert-OH is 1. The van der Waals surface area contributed by atoms with E-state index in [9.17, 15) is 0 Å². The van der Waals surface area contributed by atoms with E-state index < -0.39 is 0 Å². The number of unbranched alkanes of at least 4 members (excludes halogenated alkanes) is 2. The van der Waals surface area contributed by atoms with Crippen LogP contribution in [-0.4, -0.2) is 16.7 Å². The fourth-order valence-electron chi connectivity index (χ4n) is 3.70. The number of rotatable bonds is 7. The summed E-state index contributed by atoms with van der Waals surface area (Å²) < 4.78 is 0. The van der Waals surface area contributed by atoms with Crippen molar-refractivity contribution < 1.29 is 5.11 Å². The van der Waals surface area contributed by atoms with Crippen molar-refractivity contribution in [3.63, 3.8) is 0 Å². The molecule has 124 valence electrons. The van der Waals surface area contributed by atoms with Gasteiger partial charge >= 0.3 is 0 Å². The number of thiophene rings is 1. The van der Waals surface area contributed by atoms with Crippen LogP contribution in [0.2, 0.25) is 0 Å². The molecule has 2 nitrogen and oxygen atoms in total. The first kappa shape index (κ1) is 16.7. The molecule has 2 aromatic rings. The van der Waals surface area contributed by atoms with Crippen molar-refractivity contribution in [1.82, 2.24) is 4.98 Å². The first-order valence-corrected chi connectivity index (χ1v) is 9.85. The Labute approximate surface area is 143 Å². The van der Waals surface area contributed by atoms with E-state index in [0.717, 1.165) is 12.3 Å². The average molecular weight is 330 g/mol. The van der Waals surface area contributed by atoms with Crippen LogP contribution in [0.1, 0.15) is 63.0 Å². The summed E-state index contributed by atoms with van der Waals surface area (Å²) in [6, 6.07) is 8.72. The Morgan fingerprint density at radius 2 is 1.91 bits per heavy atom. The molecule has 0 unspecified atom stereocenters. The predicted molar refractivity (Wildman–Crippen MR) is 97.8 cm³/mol. The molecule has 0 aliphatic heterocycles. The standard InChI is InChI=1S/C20H27NOS/c22-13-3-1-2-5-16-7-9-17(10-8-16)19-12-11-18(15-21-19)20-6-4-14-23-20/h4,6,11-12,14-17,22H,1-3,5,7-10,13H2. The minimum atomic E-state index is 0.347. The molecule has 3 rings (SSSR count). The largest absolute Gasteiger partial charge is 0.396 e. The van der Waals surface area contributed by atoms with Crippen molar-refractivity contribution >= 4 is 11.3 Å². The lowest BCUT2D eigenvalue weighted by Gasteiger charge is -2.28. The van der Waals surface area contributed by atoms with E-state index in [1.54, 1.807) is 11.3 Å². The van der Waals surface area contributed by atoms with Crippen molar-refractivity contribution in [1.29, 1.82) is 0 Å². The second-order valence-corrected chi connectivity index (χ2v) is 7.69. The lowest BCUT2D eigenvalue weighted by Crippen LogP contribution is -2.14. The van der Waals surface area contributed by atoms with Crippen molar-refractivity contribution in [2.45, 2.75) is 57.3 Å². The number of nitrogens with zero attached hydrogens (tertiary/aromatic N) is 1. The molecule has 0 aromatic carbocycles. The van der Waals surface area contributed by atoms with Gasteiger partial charge in [0, 0.05) is 34.9 Å². The molecule has 3 heteroatoms. The molecular formula is C20H27NOS. The highest BCUT2D eigenvalue weighted by Gasteiger charge is 2.22. The van der Waals surface area contributed by atoms with Crippen molar-refractivity contribution in [3.05, 3.63) is 41.5 Å². The predicted octanol–water partition coefficient (Wildman–Crippen LogP) is 5.64. The molecule has 0 spiro atoms. The Kier molecular flexibility index (Phi) is 6.23. The topological polar surface area (TPSA) is 33.1 Å². The maximum absolute atomic E-state index is 8.84. The smallest absolute Gasteiger partial charge is 0.0434 e. The van der Waals surface area contributed by atoms with E-state index in [2.05, 4.69) is 29.6 Å². The summed E-state index contributed by atoms with van der Waals surface area (Å²) in [7, 11) is 0. The van der Waals surface area contributed by atoms with Crippen LogP contribution in [0.5, 0.6) is 0 Å². The highest BCUT2D eigenvalue weighted by molar-refractivity contribution is 7.13. The van der Waals surface area contributed by atoms with E-state index >= 15 is 0 Å². The van der Waals surface area contributed by atoms with Crippen LogP contribution in [0.3, 0.4) is 0 Å². The molecular weight excluding hydrogens is 302 g/mol. The van der Waals surface area contributed by atoms with Gasteiger partial charge in [0.15, 0.2) is 0 Å². The minimum Gasteiger partial charge on any atom is -0.396 e. The van der Waals surface area contributed by atoms with Crippen LogP contribution in [0.15, 0.2) is 35.8 Å². The summed E-state index contributed by atoms with van der Waals surface area (Å²) >= 11 is 1.77. The first-order valence-electron chi connectivity index (χ1n) is 8.97. The molecule has 1 aliphatic rings. The molecule has 0 saturated heterocycles. The molecule has 0 amide bonds. The second-order valence-electron chi connectivity index (χ2n) is 6.74. The molecule has 0 radical (unpaired) electrons. The van der Waals surface area contributed by atoms with Crippen molar-refractivity contribution in [2.24, 2.45) is 5.92 Å². The summed E-state index contributed by atoms with van der Waals surface area (Å²) in [6.07, 6.45) is 12.1. The van der Waals surface area contributed by atoms with Gasteiger partial charge in [0.25, 0.3) is 0 Å². The van der Waals surface area contributed by atoms with Gasteiger partial charge in [-0.25, -0.2) is 0 Å². The zero-order valence-electron chi connectivity index (χ0n) is 13.8. The van der Waals surface area contributed by atoms with E-state index in [-0.39, 0.29) is 0 Å². The van der Waals surface area contributed by atoms with Crippen molar-refractivity contribution in [3.8, 4) is 10.4 Å². The minimum absolute atomic E-state index is 0.347. The quantitative estimate of drug-likeness (QED) is 0.667. The number of aromatic nitrogens is 1. The van der Waals surface area contributed by atoms with Crippen LogP contribution in [0.25, 0.3) is 10.4 Å². The molecule has 0 bridgehead atoms. The molecule has 1 N–H and O–H groups in total. The summed E-state index contributed by atoms with van der Waals surface area (Å²) in [6.45, 7) is 0.347. The number of hydrogen-bond donors (Lipinski definition) is 1. The Morgan fingerprint density at radius 3 is 2.57 bits per heavy atom. The monoisotopic (exact) mass is 329 g/mol. The van der Waals surface area contributed by atoms with Gasteiger partial charge in [0.1, 0.15) is 0 Å². The van der Waals surface area contributed by atoms with Gasteiger partial charge in [-0.1, -0.05) is 31.4 Å². The maximum atomic E-state index is 8.84. The van der Waals surface area contributed by atoms with E-state index in [1.807, 2.05) is 6.20 Å². The zero-order chi connectivity index (χ0) is 15.9. The maximum Gasteiger partial charge on any atom is 0.0434 e. The van der Waals surface area contributed by atoms with Crippen LogP contribution in [0, 0.1) is 5.92 Å². The fourth-order valence-corrected chi connectivity index (χ4v) is 4.42. The van der Waals surface area contributed by atoms with Gasteiger partial charge in [-0.3, -0.25) is 4.98 Å². The third-order valence-corrected chi connectivity index (χ3v) is 6.05.